The topological polar surface area (TPSA) is 35.8 Å². The Kier molecular flexibility index (Phi) is 3.90. The molecule has 0 aromatic heterocycles. The van der Waals surface area contributed by atoms with Crippen LogP contribution in [0, 0.1) is 11.3 Å². The second-order valence-corrected chi connectivity index (χ2v) is 1.89. The van der Waals surface area contributed by atoms with Crippen molar-refractivity contribution in [1.82, 2.24) is 5.32 Å². The zero-order chi connectivity index (χ0) is 7.28. The monoisotopic (exact) mass is 144 g/mol. The zero-order valence-corrected chi connectivity index (χ0v) is 6.29. The van der Waals surface area contributed by atoms with Crippen LogP contribution in [0.25, 0.3) is 0 Å². The average Bonchev–Trinajstić information content (AvgIpc) is 1.90. The van der Waals surface area contributed by atoms with Crippen LogP contribution in [0.1, 0.15) is 13.3 Å². The Morgan fingerprint density at radius 1 is 1.78 bits per heavy atom. The highest BCUT2D eigenvalue weighted by atomic mass is 35.5. The summed E-state index contributed by atoms with van der Waals surface area (Å²) in [5, 5.41) is 11.5. The first-order valence-electron chi connectivity index (χ1n) is 2.72. The molecule has 0 amide bonds. The van der Waals surface area contributed by atoms with Gasteiger partial charge in [0.2, 0.25) is 0 Å². The van der Waals surface area contributed by atoms with Crippen LogP contribution in [0.3, 0.4) is 0 Å². The summed E-state index contributed by atoms with van der Waals surface area (Å²) in [6.45, 7) is 1.89. The van der Waals surface area contributed by atoms with Crippen molar-refractivity contribution in [2.24, 2.45) is 0 Å². The molecule has 0 saturated carbocycles. The SMILES string of the molecule is CC/C(C#N)=C(/Cl)NC. The lowest BCUT2D eigenvalue weighted by Gasteiger charge is -1.96. The van der Waals surface area contributed by atoms with E-state index in [1.165, 1.54) is 0 Å². The van der Waals surface area contributed by atoms with Gasteiger partial charge in [-0.15, -0.1) is 0 Å². The highest BCUT2D eigenvalue weighted by Crippen LogP contribution is 2.07. The third-order valence-electron chi connectivity index (χ3n) is 0.973. The molecule has 0 aliphatic rings. The molecule has 2 nitrogen and oxygen atoms in total. The first kappa shape index (κ1) is 8.32. The van der Waals surface area contributed by atoms with E-state index in [-0.39, 0.29) is 0 Å². The van der Waals surface area contributed by atoms with Gasteiger partial charge in [-0.25, -0.2) is 0 Å². The molecule has 9 heavy (non-hydrogen) atoms. The molecular weight excluding hydrogens is 136 g/mol. The fraction of sp³-hybridized carbons (Fsp3) is 0.500. The number of nitriles is 1. The molecule has 3 heteroatoms. The minimum absolute atomic E-state index is 0.444. The van der Waals surface area contributed by atoms with Gasteiger partial charge in [-0.05, 0) is 6.42 Å². The Morgan fingerprint density at radius 2 is 2.33 bits per heavy atom. The van der Waals surface area contributed by atoms with Crippen LogP contribution in [0.15, 0.2) is 10.7 Å². The minimum atomic E-state index is 0.444. The summed E-state index contributed by atoms with van der Waals surface area (Å²) in [4.78, 5) is 0. The lowest BCUT2D eigenvalue weighted by molar-refractivity contribution is 1.01. The molecule has 0 radical (unpaired) electrons. The van der Waals surface area contributed by atoms with E-state index < -0.39 is 0 Å². The van der Waals surface area contributed by atoms with Crippen molar-refractivity contribution in [2.45, 2.75) is 13.3 Å². The molecule has 1 N–H and O–H groups in total. The number of halogens is 1. The van der Waals surface area contributed by atoms with Crippen LogP contribution in [0.5, 0.6) is 0 Å². The first-order valence-corrected chi connectivity index (χ1v) is 3.10. The van der Waals surface area contributed by atoms with Crippen LogP contribution >= 0.6 is 11.6 Å². The Bertz CT molecular complexity index is 155. The maximum Gasteiger partial charge on any atom is 0.115 e. The summed E-state index contributed by atoms with van der Waals surface area (Å²) in [6.07, 6.45) is 0.677. The number of allylic oxidation sites excluding steroid dienone is 1. The molecule has 0 spiro atoms. The van der Waals surface area contributed by atoms with Crippen LogP contribution < -0.4 is 5.32 Å². The number of nitrogens with one attached hydrogen (secondary N) is 1. The number of nitrogens with zero attached hydrogens (tertiary/aromatic N) is 1. The van der Waals surface area contributed by atoms with Crippen LogP contribution in [0.2, 0.25) is 0 Å². The minimum Gasteiger partial charge on any atom is -0.378 e. The van der Waals surface area contributed by atoms with Gasteiger partial charge in [0.15, 0.2) is 0 Å². The van der Waals surface area contributed by atoms with Crippen molar-refractivity contribution in [3.63, 3.8) is 0 Å². The number of hydrogen-bond acceptors (Lipinski definition) is 2. The Balaban J connectivity index is 4.24. The molecule has 0 aromatic rings. The summed E-state index contributed by atoms with van der Waals surface area (Å²) >= 11 is 5.58. The third-order valence-corrected chi connectivity index (χ3v) is 1.39. The van der Waals surface area contributed by atoms with Crippen molar-refractivity contribution in [3.05, 3.63) is 10.7 Å². The molecule has 0 aliphatic carbocycles. The van der Waals surface area contributed by atoms with Gasteiger partial charge in [-0.2, -0.15) is 5.26 Å². The third kappa shape index (κ3) is 2.39. The second kappa shape index (κ2) is 4.22. The lowest BCUT2D eigenvalue weighted by Crippen LogP contribution is -2.02. The number of hydrogen-bond donors (Lipinski definition) is 1. The summed E-state index contributed by atoms with van der Waals surface area (Å²) in [7, 11) is 1.69. The molecule has 0 heterocycles. The van der Waals surface area contributed by atoms with Gasteiger partial charge in [-0.3, -0.25) is 0 Å². The molecule has 0 aliphatic heterocycles. The van der Waals surface area contributed by atoms with Crippen molar-refractivity contribution in [3.8, 4) is 6.07 Å². The van der Waals surface area contributed by atoms with Gasteiger partial charge in [0.25, 0.3) is 0 Å². The normalized spacial score (nSPS) is 11.8. The molecule has 0 aromatic carbocycles. The molecule has 0 bridgehead atoms. The first-order chi connectivity index (χ1) is 4.26. The van der Waals surface area contributed by atoms with Gasteiger partial charge in [0.05, 0.1) is 11.6 Å². The molecule has 0 rings (SSSR count). The van der Waals surface area contributed by atoms with Crippen molar-refractivity contribution in [2.75, 3.05) is 7.05 Å². The molecule has 0 atom stereocenters. The van der Waals surface area contributed by atoms with Gasteiger partial charge < -0.3 is 5.32 Å². The molecule has 0 fully saturated rings. The zero-order valence-electron chi connectivity index (χ0n) is 5.53. The highest BCUT2D eigenvalue weighted by Gasteiger charge is 1.96. The van der Waals surface area contributed by atoms with Crippen LogP contribution in [-0.4, -0.2) is 7.05 Å². The Hall–Kier alpha value is -0.680. The summed E-state index contributed by atoms with van der Waals surface area (Å²) < 4.78 is 0. The van der Waals surface area contributed by atoms with E-state index in [0.29, 0.717) is 17.2 Å². The fourth-order valence-electron chi connectivity index (χ4n) is 0.434. The molecular formula is C6H9ClN2. The van der Waals surface area contributed by atoms with Crippen molar-refractivity contribution >= 4 is 11.6 Å². The molecule has 50 valence electrons. The van der Waals surface area contributed by atoms with Gasteiger partial charge >= 0.3 is 0 Å². The van der Waals surface area contributed by atoms with E-state index in [1.54, 1.807) is 7.05 Å². The van der Waals surface area contributed by atoms with Gasteiger partial charge in [0.1, 0.15) is 5.16 Å². The molecule has 0 unspecified atom stereocenters. The van der Waals surface area contributed by atoms with E-state index in [1.807, 2.05) is 13.0 Å². The van der Waals surface area contributed by atoms with Crippen LogP contribution in [-0.2, 0) is 0 Å². The van der Waals surface area contributed by atoms with Crippen LogP contribution in [0.4, 0.5) is 0 Å². The quantitative estimate of drug-likeness (QED) is 0.472. The highest BCUT2D eigenvalue weighted by molar-refractivity contribution is 6.29. The van der Waals surface area contributed by atoms with E-state index in [9.17, 15) is 0 Å². The predicted octanol–water partition coefficient (Wildman–Crippen LogP) is 1.59. The van der Waals surface area contributed by atoms with E-state index in [2.05, 4.69) is 5.32 Å². The van der Waals surface area contributed by atoms with Gasteiger partial charge in [-0.1, -0.05) is 18.5 Å². The number of rotatable bonds is 2. The summed E-state index contributed by atoms with van der Waals surface area (Å²) in [5.41, 5.74) is 0.596. The lowest BCUT2D eigenvalue weighted by atomic mass is 10.2. The maximum atomic E-state index is 8.40. The van der Waals surface area contributed by atoms with Crippen molar-refractivity contribution < 1.29 is 0 Å². The fourth-order valence-corrected chi connectivity index (χ4v) is 0.610. The maximum absolute atomic E-state index is 8.40. The summed E-state index contributed by atoms with van der Waals surface area (Å²) in [6, 6.07) is 1.99. The Labute approximate surface area is 60.1 Å². The average molecular weight is 145 g/mol. The Morgan fingerprint density at radius 3 is 2.44 bits per heavy atom. The smallest absolute Gasteiger partial charge is 0.115 e. The van der Waals surface area contributed by atoms with E-state index in [4.69, 9.17) is 16.9 Å². The predicted molar refractivity (Wildman–Crippen MR) is 37.8 cm³/mol. The molecule has 0 saturated heterocycles. The largest absolute Gasteiger partial charge is 0.378 e. The summed E-state index contributed by atoms with van der Waals surface area (Å²) in [5.74, 6) is 0. The second-order valence-electron chi connectivity index (χ2n) is 1.51. The standard InChI is InChI=1S/C6H9ClN2/c1-3-5(4-8)6(7)9-2/h9H,3H2,1-2H3/b6-5+. The van der Waals surface area contributed by atoms with Crippen molar-refractivity contribution in [1.29, 1.82) is 5.26 Å². The van der Waals surface area contributed by atoms with Gasteiger partial charge in [0, 0.05) is 7.05 Å². The van der Waals surface area contributed by atoms with E-state index in [0.717, 1.165) is 0 Å². The van der Waals surface area contributed by atoms with E-state index >= 15 is 0 Å².